The fourth-order valence-electron chi connectivity index (χ4n) is 3.38. The molecule has 0 amide bonds. The normalized spacial score (nSPS) is 11.5. The molecule has 0 saturated heterocycles. The van der Waals surface area contributed by atoms with Crippen molar-refractivity contribution >= 4 is 37.7 Å². The Morgan fingerprint density at radius 3 is 2.26 bits per heavy atom. The monoisotopic (exact) mass is 363 g/mol. The van der Waals surface area contributed by atoms with Crippen molar-refractivity contribution in [3.8, 4) is 11.1 Å². The van der Waals surface area contributed by atoms with Crippen LogP contribution in [-0.4, -0.2) is 4.98 Å². The van der Waals surface area contributed by atoms with Crippen LogP contribution in [0.3, 0.4) is 0 Å². The molecule has 0 aliphatic rings. The summed E-state index contributed by atoms with van der Waals surface area (Å²) in [5, 5.41) is 2.60. The molecule has 2 heteroatoms. The first-order chi connectivity index (χ1) is 11.0. The van der Waals surface area contributed by atoms with Crippen LogP contribution in [0.5, 0.6) is 0 Å². The molecule has 0 radical (unpaired) electrons. The number of fused-ring (bicyclic) bond motifs is 3. The molecule has 1 N–H and O–H groups in total. The van der Waals surface area contributed by atoms with Crippen LogP contribution in [0.15, 0.2) is 53.0 Å². The van der Waals surface area contributed by atoms with Crippen molar-refractivity contribution in [2.75, 3.05) is 0 Å². The first-order valence-corrected chi connectivity index (χ1v) is 8.61. The summed E-state index contributed by atoms with van der Waals surface area (Å²) in [4.78, 5) is 3.62. The molecule has 0 aliphatic carbocycles. The number of rotatable bonds is 1. The zero-order chi connectivity index (χ0) is 16.1. The number of halogens is 1. The summed E-state index contributed by atoms with van der Waals surface area (Å²) < 4.78 is 1.12. The highest BCUT2D eigenvalue weighted by atomic mass is 79.9. The standard InChI is InChI=1S/C21H18BrN/c1-12-4-5-20-18(8-12)19-10-14(3)9-17(21(19)23-20)15-6-13(2)7-16(22)11-15/h4-11,23H,1-3H3. The van der Waals surface area contributed by atoms with Gasteiger partial charge in [0, 0.05) is 26.3 Å². The minimum Gasteiger partial charge on any atom is -0.354 e. The van der Waals surface area contributed by atoms with E-state index >= 15 is 0 Å². The second-order valence-corrected chi connectivity index (χ2v) is 7.34. The van der Waals surface area contributed by atoms with Crippen LogP contribution in [0, 0.1) is 20.8 Å². The molecule has 3 aromatic carbocycles. The van der Waals surface area contributed by atoms with Gasteiger partial charge >= 0.3 is 0 Å². The quantitative estimate of drug-likeness (QED) is 0.388. The number of hydrogen-bond donors (Lipinski definition) is 1. The van der Waals surface area contributed by atoms with Gasteiger partial charge in [-0.05, 0) is 73.9 Å². The van der Waals surface area contributed by atoms with E-state index in [9.17, 15) is 0 Å². The minimum atomic E-state index is 1.12. The van der Waals surface area contributed by atoms with Crippen LogP contribution in [-0.2, 0) is 0 Å². The lowest BCUT2D eigenvalue weighted by molar-refractivity contribution is 1.43. The van der Waals surface area contributed by atoms with Crippen molar-refractivity contribution in [3.05, 3.63) is 69.7 Å². The third-order valence-corrected chi connectivity index (χ3v) is 4.82. The summed E-state index contributed by atoms with van der Waals surface area (Å²) in [6, 6.07) is 17.7. The molecular weight excluding hydrogens is 346 g/mol. The molecule has 0 spiro atoms. The van der Waals surface area contributed by atoms with E-state index in [1.165, 1.54) is 49.6 Å². The summed E-state index contributed by atoms with van der Waals surface area (Å²) in [6.07, 6.45) is 0. The maximum atomic E-state index is 3.63. The number of aromatic nitrogens is 1. The Labute approximate surface area is 144 Å². The van der Waals surface area contributed by atoms with Gasteiger partial charge in [-0.25, -0.2) is 0 Å². The molecular formula is C21H18BrN. The Bertz CT molecular complexity index is 1040. The van der Waals surface area contributed by atoms with E-state index in [4.69, 9.17) is 0 Å². The second-order valence-electron chi connectivity index (χ2n) is 6.43. The molecule has 0 atom stereocenters. The number of nitrogens with one attached hydrogen (secondary N) is 1. The van der Waals surface area contributed by atoms with Crippen molar-refractivity contribution < 1.29 is 0 Å². The third-order valence-electron chi connectivity index (χ3n) is 4.36. The minimum absolute atomic E-state index is 1.12. The average Bonchev–Trinajstić information content (AvgIpc) is 2.83. The van der Waals surface area contributed by atoms with Gasteiger partial charge in [-0.2, -0.15) is 0 Å². The maximum Gasteiger partial charge on any atom is 0.0544 e. The molecule has 0 bridgehead atoms. The van der Waals surface area contributed by atoms with Gasteiger partial charge in [-0.15, -0.1) is 0 Å². The number of H-pyrrole nitrogens is 1. The van der Waals surface area contributed by atoms with Crippen LogP contribution in [0.2, 0.25) is 0 Å². The summed E-state index contributed by atoms with van der Waals surface area (Å²) in [7, 11) is 0. The van der Waals surface area contributed by atoms with Gasteiger partial charge in [-0.1, -0.05) is 33.6 Å². The molecule has 0 unspecified atom stereocenters. The molecule has 1 aromatic heterocycles. The van der Waals surface area contributed by atoms with Crippen molar-refractivity contribution in [2.24, 2.45) is 0 Å². The van der Waals surface area contributed by atoms with Gasteiger partial charge in [0.25, 0.3) is 0 Å². The Hall–Kier alpha value is -2.06. The number of aryl methyl sites for hydroxylation is 3. The van der Waals surface area contributed by atoms with Crippen molar-refractivity contribution in [2.45, 2.75) is 20.8 Å². The highest BCUT2D eigenvalue weighted by molar-refractivity contribution is 9.10. The van der Waals surface area contributed by atoms with Crippen LogP contribution >= 0.6 is 15.9 Å². The van der Waals surface area contributed by atoms with Gasteiger partial charge in [-0.3, -0.25) is 0 Å². The van der Waals surface area contributed by atoms with E-state index in [0.29, 0.717) is 0 Å². The van der Waals surface area contributed by atoms with Gasteiger partial charge < -0.3 is 4.98 Å². The van der Waals surface area contributed by atoms with Crippen LogP contribution in [0.25, 0.3) is 32.9 Å². The Morgan fingerprint density at radius 2 is 1.48 bits per heavy atom. The zero-order valence-corrected chi connectivity index (χ0v) is 15.1. The first-order valence-electron chi connectivity index (χ1n) is 7.81. The predicted molar refractivity (Wildman–Crippen MR) is 103 cm³/mol. The van der Waals surface area contributed by atoms with Gasteiger partial charge in [0.05, 0.1) is 5.52 Å². The van der Waals surface area contributed by atoms with Crippen molar-refractivity contribution in [1.82, 2.24) is 4.98 Å². The van der Waals surface area contributed by atoms with Crippen molar-refractivity contribution in [3.63, 3.8) is 0 Å². The second kappa shape index (κ2) is 5.24. The molecule has 1 nitrogen and oxygen atoms in total. The topological polar surface area (TPSA) is 15.8 Å². The van der Waals surface area contributed by atoms with Crippen molar-refractivity contribution in [1.29, 1.82) is 0 Å². The van der Waals surface area contributed by atoms with E-state index in [1.807, 2.05) is 0 Å². The van der Waals surface area contributed by atoms with Crippen LogP contribution in [0.1, 0.15) is 16.7 Å². The summed E-state index contributed by atoms with van der Waals surface area (Å²) in [5.74, 6) is 0. The number of aromatic amines is 1. The number of benzene rings is 3. The van der Waals surface area contributed by atoms with E-state index in [1.54, 1.807) is 0 Å². The molecule has 23 heavy (non-hydrogen) atoms. The molecule has 114 valence electrons. The average molecular weight is 364 g/mol. The molecule has 0 fully saturated rings. The van der Waals surface area contributed by atoms with E-state index in [2.05, 4.69) is 90.2 Å². The Balaban J connectivity index is 2.12. The lowest BCUT2D eigenvalue weighted by Gasteiger charge is -2.08. The maximum absolute atomic E-state index is 3.63. The highest BCUT2D eigenvalue weighted by Gasteiger charge is 2.11. The van der Waals surface area contributed by atoms with Gasteiger partial charge in [0.15, 0.2) is 0 Å². The zero-order valence-electron chi connectivity index (χ0n) is 13.5. The number of hydrogen-bond acceptors (Lipinski definition) is 0. The smallest absolute Gasteiger partial charge is 0.0544 e. The lowest BCUT2D eigenvalue weighted by Crippen LogP contribution is -1.85. The van der Waals surface area contributed by atoms with E-state index in [-0.39, 0.29) is 0 Å². The Kier molecular flexibility index (Phi) is 3.31. The summed E-state index contributed by atoms with van der Waals surface area (Å²) >= 11 is 3.63. The third kappa shape index (κ3) is 2.47. The van der Waals surface area contributed by atoms with Gasteiger partial charge in [0.2, 0.25) is 0 Å². The molecule has 0 aliphatic heterocycles. The molecule has 0 saturated carbocycles. The lowest BCUT2D eigenvalue weighted by atomic mass is 9.98. The SMILES string of the molecule is Cc1cc(Br)cc(-c2cc(C)cc3c2[nH]c2ccc(C)cc23)c1. The fourth-order valence-corrected chi connectivity index (χ4v) is 3.99. The van der Waals surface area contributed by atoms with E-state index < -0.39 is 0 Å². The van der Waals surface area contributed by atoms with Gasteiger partial charge in [0.1, 0.15) is 0 Å². The Morgan fingerprint density at radius 1 is 0.739 bits per heavy atom. The molecule has 4 rings (SSSR count). The molecule has 1 heterocycles. The first kappa shape index (κ1) is 14.5. The largest absolute Gasteiger partial charge is 0.354 e. The van der Waals surface area contributed by atoms with Crippen LogP contribution in [0.4, 0.5) is 0 Å². The molecule has 4 aromatic rings. The highest BCUT2D eigenvalue weighted by Crippen LogP contribution is 2.36. The van der Waals surface area contributed by atoms with E-state index in [0.717, 1.165) is 4.47 Å². The summed E-state index contributed by atoms with van der Waals surface area (Å²) in [5.41, 5.74) is 8.76. The fraction of sp³-hybridized carbons (Fsp3) is 0.143. The predicted octanol–water partition coefficient (Wildman–Crippen LogP) is 6.68. The van der Waals surface area contributed by atoms with Crippen LogP contribution < -0.4 is 0 Å². The summed E-state index contributed by atoms with van der Waals surface area (Å²) in [6.45, 7) is 6.45.